The molecule has 8 nitrogen and oxygen atoms in total. The van der Waals surface area contributed by atoms with Crippen LogP contribution < -0.4 is 20.1 Å². The van der Waals surface area contributed by atoms with Crippen LogP contribution in [0.15, 0.2) is 48.8 Å². The summed E-state index contributed by atoms with van der Waals surface area (Å²) in [6, 6.07) is 9.41. The molecule has 0 radical (unpaired) electrons. The molecule has 0 spiro atoms. The Kier molecular flexibility index (Phi) is 6.70. The van der Waals surface area contributed by atoms with Gasteiger partial charge in [0.2, 0.25) is 5.95 Å². The Morgan fingerprint density at radius 1 is 0.865 bits per heavy atom. The van der Waals surface area contributed by atoms with Crippen molar-refractivity contribution in [2.24, 2.45) is 0 Å². The van der Waals surface area contributed by atoms with E-state index in [1.165, 1.54) is 12.3 Å². The van der Waals surface area contributed by atoms with Crippen LogP contribution in [0.5, 0.6) is 11.5 Å². The van der Waals surface area contributed by atoms with E-state index in [2.05, 4.69) is 44.6 Å². The first-order chi connectivity index (χ1) is 17.8. The highest BCUT2D eigenvalue weighted by Crippen LogP contribution is 2.36. The van der Waals surface area contributed by atoms with Crippen molar-refractivity contribution < 1.29 is 22.6 Å². The van der Waals surface area contributed by atoms with Crippen molar-refractivity contribution in [3.05, 3.63) is 66.2 Å². The van der Waals surface area contributed by atoms with Crippen LogP contribution in [-0.2, 0) is 0 Å². The summed E-state index contributed by atoms with van der Waals surface area (Å²) in [6.07, 6.45) is 4.44. The predicted octanol–water partition coefficient (Wildman–Crippen LogP) is 5.41. The topological polar surface area (TPSA) is 84.4 Å². The lowest BCUT2D eigenvalue weighted by molar-refractivity contribution is 0.0383. The number of anilines is 4. The number of fused-ring (bicyclic) bond motifs is 1. The van der Waals surface area contributed by atoms with Gasteiger partial charge in [0.25, 0.3) is 0 Å². The van der Waals surface area contributed by atoms with Gasteiger partial charge in [-0.3, -0.25) is 4.98 Å². The Hall–Kier alpha value is -4.12. The second kappa shape index (κ2) is 10.1. The SMILES string of the molecule is COc1cc(Nc2ncc(F)c(Nc3cnc4cc(F)c(F)cc4c3)n2)ccc1OC1CC(N(C)C)C1. The molecule has 0 bridgehead atoms. The highest BCUT2D eigenvalue weighted by Gasteiger charge is 2.32. The summed E-state index contributed by atoms with van der Waals surface area (Å²) in [6.45, 7) is 0. The summed E-state index contributed by atoms with van der Waals surface area (Å²) in [4.78, 5) is 14.5. The number of aromatic nitrogens is 3. The first-order valence-corrected chi connectivity index (χ1v) is 11.6. The Bertz CT molecular complexity index is 1450. The van der Waals surface area contributed by atoms with E-state index in [9.17, 15) is 13.2 Å². The van der Waals surface area contributed by atoms with E-state index in [-0.39, 0.29) is 23.4 Å². The smallest absolute Gasteiger partial charge is 0.229 e. The molecule has 1 aliphatic rings. The van der Waals surface area contributed by atoms with E-state index >= 15 is 0 Å². The molecule has 192 valence electrons. The van der Waals surface area contributed by atoms with Gasteiger partial charge < -0.3 is 25.0 Å². The number of ether oxygens (including phenoxy) is 2. The minimum Gasteiger partial charge on any atom is -0.493 e. The molecule has 0 aliphatic heterocycles. The number of hydrogen-bond acceptors (Lipinski definition) is 8. The number of pyridine rings is 1. The summed E-state index contributed by atoms with van der Waals surface area (Å²) in [5.74, 6) is -1.49. The van der Waals surface area contributed by atoms with Gasteiger partial charge >= 0.3 is 0 Å². The van der Waals surface area contributed by atoms with Crippen LogP contribution in [0.1, 0.15) is 12.8 Å². The van der Waals surface area contributed by atoms with Crippen molar-refractivity contribution in [3.63, 3.8) is 0 Å². The fourth-order valence-electron chi connectivity index (χ4n) is 4.05. The molecule has 11 heteroatoms. The molecular weight excluding hydrogens is 485 g/mol. The number of nitrogens with one attached hydrogen (secondary N) is 2. The lowest BCUT2D eigenvalue weighted by atomic mass is 9.88. The number of halogens is 3. The van der Waals surface area contributed by atoms with Gasteiger partial charge in [-0.25, -0.2) is 18.2 Å². The molecule has 2 aromatic carbocycles. The van der Waals surface area contributed by atoms with Gasteiger partial charge in [-0.2, -0.15) is 4.98 Å². The quantitative estimate of drug-likeness (QED) is 0.326. The summed E-state index contributed by atoms with van der Waals surface area (Å²) < 4.78 is 53.1. The molecule has 2 aromatic heterocycles. The van der Waals surface area contributed by atoms with Gasteiger partial charge in [0.15, 0.2) is 34.8 Å². The van der Waals surface area contributed by atoms with E-state index in [1.54, 1.807) is 25.3 Å². The van der Waals surface area contributed by atoms with E-state index in [1.807, 2.05) is 0 Å². The van der Waals surface area contributed by atoms with Crippen molar-refractivity contribution >= 4 is 34.0 Å². The fraction of sp³-hybridized carbons (Fsp3) is 0.269. The van der Waals surface area contributed by atoms with Crippen LogP contribution in [0.3, 0.4) is 0 Å². The van der Waals surface area contributed by atoms with E-state index in [0.717, 1.165) is 31.2 Å². The second-order valence-electron chi connectivity index (χ2n) is 9.02. The lowest BCUT2D eigenvalue weighted by Gasteiger charge is -2.39. The zero-order chi connectivity index (χ0) is 26.1. The molecule has 5 rings (SSSR count). The molecule has 2 heterocycles. The number of methoxy groups -OCH3 is 1. The first kappa shape index (κ1) is 24.6. The van der Waals surface area contributed by atoms with Crippen molar-refractivity contribution in [1.82, 2.24) is 19.9 Å². The standard InChI is InChI=1S/C26H25F3N6O2/c1-35(2)17-9-18(10-17)37-23-5-4-15(8-24(23)36-3)33-26-31-13-21(29)25(34-26)32-16-6-14-7-19(27)20(28)11-22(14)30-12-16/h4-8,11-13,17-18H,9-10H2,1-3H3,(H2,31,32,33,34). The monoisotopic (exact) mass is 510 g/mol. The number of benzene rings is 2. The third kappa shape index (κ3) is 5.36. The maximum atomic E-state index is 14.4. The van der Waals surface area contributed by atoms with Gasteiger partial charge in [-0.05, 0) is 51.2 Å². The van der Waals surface area contributed by atoms with Gasteiger partial charge in [-0.15, -0.1) is 0 Å². The van der Waals surface area contributed by atoms with Gasteiger partial charge in [-0.1, -0.05) is 0 Å². The highest BCUT2D eigenvalue weighted by molar-refractivity contribution is 5.82. The number of nitrogens with zero attached hydrogens (tertiary/aromatic N) is 4. The molecule has 2 N–H and O–H groups in total. The zero-order valence-corrected chi connectivity index (χ0v) is 20.4. The summed E-state index contributed by atoms with van der Waals surface area (Å²) in [7, 11) is 5.68. The largest absolute Gasteiger partial charge is 0.493 e. The molecule has 1 saturated carbocycles. The summed E-state index contributed by atoms with van der Waals surface area (Å²) in [5, 5.41) is 6.19. The predicted molar refractivity (Wildman–Crippen MR) is 134 cm³/mol. The third-order valence-electron chi connectivity index (χ3n) is 6.24. The second-order valence-corrected chi connectivity index (χ2v) is 9.02. The van der Waals surface area contributed by atoms with Gasteiger partial charge in [0.1, 0.15) is 6.10 Å². The highest BCUT2D eigenvalue weighted by atomic mass is 19.2. The maximum Gasteiger partial charge on any atom is 0.229 e. The average molecular weight is 511 g/mol. The normalized spacial score (nSPS) is 16.9. The Morgan fingerprint density at radius 3 is 2.41 bits per heavy atom. The van der Waals surface area contributed by atoms with Crippen LogP contribution in [-0.4, -0.2) is 53.2 Å². The molecule has 1 fully saturated rings. The van der Waals surface area contributed by atoms with Gasteiger partial charge in [0.05, 0.1) is 30.7 Å². The Balaban J connectivity index is 1.30. The number of rotatable bonds is 8. The van der Waals surface area contributed by atoms with E-state index in [4.69, 9.17) is 9.47 Å². The molecule has 0 atom stereocenters. The Labute approximate surface area is 211 Å². The van der Waals surface area contributed by atoms with E-state index < -0.39 is 17.5 Å². The molecule has 0 unspecified atom stereocenters. The zero-order valence-electron chi connectivity index (χ0n) is 20.4. The van der Waals surface area contributed by atoms with Crippen molar-refractivity contribution in [3.8, 4) is 11.5 Å². The van der Waals surface area contributed by atoms with E-state index in [0.29, 0.717) is 34.3 Å². The molecule has 0 amide bonds. The summed E-state index contributed by atoms with van der Waals surface area (Å²) in [5.41, 5.74) is 1.23. The molecule has 0 saturated heterocycles. The van der Waals surface area contributed by atoms with Crippen LogP contribution in [0.25, 0.3) is 10.9 Å². The number of hydrogen-bond donors (Lipinski definition) is 2. The lowest BCUT2D eigenvalue weighted by Crippen LogP contribution is -2.46. The third-order valence-corrected chi connectivity index (χ3v) is 6.24. The molecule has 1 aliphatic carbocycles. The van der Waals surface area contributed by atoms with Crippen LogP contribution in [0, 0.1) is 17.5 Å². The van der Waals surface area contributed by atoms with Crippen molar-refractivity contribution in [1.29, 1.82) is 0 Å². The minimum atomic E-state index is -0.997. The maximum absolute atomic E-state index is 14.4. The van der Waals surface area contributed by atoms with Crippen molar-refractivity contribution in [2.45, 2.75) is 25.0 Å². The first-order valence-electron chi connectivity index (χ1n) is 11.6. The van der Waals surface area contributed by atoms with Gasteiger partial charge in [0, 0.05) is 29.2 Å². The molecule has 37 heavy (non-hydrogen) atoms. The summed E-state index contributed by atoms with van der Waals surface area (Å²) >= 11 is 0. The van der Waals surface area contributed by atoms with Crippen molar-refractivity contribution in [2.75, 3.05) is 31.8 Å². The van der Waals surface area contributed by atoms with Crippen LogP contribution >= 0.6 is 0 Å². The fourth-order valence-corrected chi connectivity index (χ4v) is 4.05. The Morgan fingerprint density at radius 2 is 1.65 bits per heavy atom. The van der Waals surface area contributed by atoms with Crippen LogP contribution in [0.4, 0.5) is 36.3 Å². The molecular formula is C26H25F3N6O2. The van der Waals surface area contributed by atoms with Crippen LogP contribution in [0.2, 0.25) is 0 Å². The average Bonchev–Trinajstić information content (AvgIpc) is 2.84. The molecule has 4 aromatic rings. The minimum absolute atomic E-state index is 0.117.